The predicted octanol–water partition coefficient (Wildman–Crippen LogP) is 2.55. The number of benzene rings is 1. The van der Waals surface area contributed by atoms with Crippen molar-refractivity contribution in [2.24, 2.45) is 5.92 Å². The van der Waals surface area contributed by atoms with Crippen molar-refractivity contribution in [3.8, 4) is 0 Å². The number of piperidine rings is 1. The second-order valence-corrected chi connectivity index (χ2v) is 8.38. The van der Waals surface area contributed by atoms with E-state index in [1.54, 1.807) is 0 Å². The normalized spacial score (nSPS) is 21.9. The molecule has 0 aromatic heterocycles. The van der Waals surface area contributed by atoms with Gasteiger partial charge in [0.2, 0.25) is 0 Å². The summed E-state index contributed by atoms with van der Waals surface area (Å²) in [4.78, 5) is 21.9. The molecule has 1 aromatic rings. The van der Waals surface area contributed by atoms with Gasteiger partial charge in [0.1, 0.15) is 0 Å². The van der Waals surface area contributed by atoms with Gasteiger partial charge in [0, 0.05) is 71.3 Å². The van der Waals surface area contributed by atoms with Crippen LogP contribution in [0.4, 0.5) is 16.2 Å². The Kier molecular flexibility index (Phi) is 6.60. The van der Waals surface area contributed by atoms with Gasteiger partial charge in [-0.1, -0.05) is 6.07 Å². The highest BCUT2D eigenvalue weighted by Crippen LogP contribution is 2.24. The molecule has 6 nitrogen and oxygen atoms in total. The minimum atomic E-state index is 0.0390. The molecule has 2 amide bonds. The summed E-state index contributed by atoms with van der Waals surface area (Å²) in [5, 5.41) is 3.15. The van der Waals surface area contributed by atoms with Crippen LogP contribution in [0.1, 0.15) is 18.4 Å². The summed E-state index contributed by atoms with van der Waals surface area (Å²) < 4.78 is 0. The molecule has 1 N–H and O–H groups in total. The lowest BCUT2D eigenvalue weighted by atomic mass is 9.97. The minimum Gasteiger partial charge on any atom is -0.378 e. The van der Waals surface area contributed by atoms with Gasteiger partial charge in [-0.2, -0.15) is 0 Å². The maximum absolute atomic E-state index is 12.9. The zero-order chi connectivity index (χ0) is 19.4. The van der Waals surface area contributed by atoms with Gasteiger partial charge >= 0.3 is 6.03 Å². The van der Waals surface area contributed by atoms with Gasteiger partial charge in [0.05, 0.1) is 0 Å². The summed E-state index contributed by atoms with van der Waals surface area (Å²) in [5.74, 6) is 0.585. The SMILES string of the molecule is Cc1ccc(N(C)C)cc1NC(=O)N1CCC[C@H](CN2CCN(C)CC2)C1. The Hall–Kier alpha value is -1.79. The van der Waals surface area contributed by atoms with Crippen LogP contribution in [0, 0.1) is 12.8 Å². The van der Waals surface area contributed by atoms with Crippen LogP contribution in [-0.4, -0.2) is 87.7 Å². The third kappa shape index (κ3) is 5.36. The number of carbonyl (C=O) groups excluding carboxylic acids is 1. The molecule has 27 heavy (non-hydrogen) atoms. The minimum absolute atomic E-state index is 0.0390. The third-order valence-electron chi connectivity index (χ3n) is 5.90. The first-order valence-corrected chi connectivity index (χ1v) is 10.2. The number of hydrogen-bond donors (Lipinski definition) is 1. The van der Waals surface area contributed by atoms with Gasteiger partial charge in [-0.25, -0.2) is 4.79 Å². The molecule has 0 saturated carbocycles. The molecule has 0 aliphatic carbocycles. The molecule has 0 radical (unpaired) electrons. The van der Waals surface area contributed by atoms with Crippen molar-refractivity contribution in [2.45, 2.75) is 19.8 Å². The van der Waals surface area contributed by atoms with Crippen molar-refractivity contribution < 1.29 is 4.79 Å². The van der Waals surface area contributed by atoms with E-state index in [-0.39, 0.29) is 6.03 Å². The monoisotopic (exact) mass is 373 g/mol. The Balaban J connectivity index is 1.56. The average molecular weight is 374 g/mol. The standard InChI is InChI=1S/C21H35N5O/c1-17-7-8-19(23(2)3)14-20(17)22-21(27)26-9-5-6-18(16-26)15-25-12-10-24(4)11-13-25/h7-8,14,18H,5-6,9-13,15-16H2,1-4H3,(H,22,27)/t18-/m1/s1. The highest BCUT2D eigenvalue weighted by Gasteiger charge is 2.26. The van der Waals surface area contributed by atoms with Crippen LogP contribution in [0.15, 0.2) is 18.2 Å². The molecule has 1 atom stereocenters. The fourth-order valence-electron chi connectivity index (χ4n) is 4.01. The summed E-state index contributed by atoms with van der Waals surface area (Å²) in [7, 11) is 6.23. The van der Waals surface area contributed by atoms with Crippen molar-refractivity contribution in [3.63, 3.8) is 0 Å². The van der Waals surface area contributed by atoms with E-state index in [2.05, 4.69) is 45.3 Å². The molecule has 150 valence electrons. The Morgan fingerprint density at radius 1 is 1.19 bits per heavy atom. The van der Waals surface area contributed by atoms with Crippen molar-refractivity contribution >= 4 is 17.4 Å². The number of aryl methyl sites for hydroxylation is 1. The molecule has 2 aliphatic rings. The molecule has 3 rings (SSSR count). The molecular weight excluding hydrogens is 338 g/mol. The van der Waals surface area contributed by atoms with E-state index in [0.717, 1.165) is 69.2 Å². The number of likely N-dealkylation sites (N-methyl/N-ethyl adjacent to an activating group) is 1. The lowest BCUT2D eigenvalue weighted by Gasteiger charge is -2.38. The van der Waals surface area contributed by atoms with E-state index in [9.17, 15) is 4.79 Å². The van der Waals surface area contributed by atoms with Crippen LogP contribution in [0.2, 0.25) is 0 Å². The Labute approximate surface area is 164 Å². The molecule has 2 fully saturated rings. The number of piperazine rings is 1. The van der Waals surface area contributed by atoms with E-state index in [1.165, 1.54) is 6.42 Å². The van der Waals surface area contributed by atoms with E-state index in [4.69, 9.17) is 0 Å². The number of anilines is 2. The quantitative estimate of drug-likeness (QED) is 0.881. The number of carbonyl (C=O) groups is 1. The zero-order valence-corrected chi connectivity index (χ0v) is 17.4. The molecule has 2 aliphatic heterocycles. The number of likely N-dealkylation sites (tertiary alicyclic amines) is 1. The van der Waals surface area contributed by atoms with E-state index in [1.807, 2.05) is 25.9 Å². The topological polar surface area (TPSA) is 42.1 Å². The lowest BCUT2D eigenvalue weighted by molar-refractivity contribution is 0.109. The molecule has 0 unspecified atom stereocenters. The highest BCUT2D eigenvalue weighted by molar-refractivity contribution is 5.91. The second-order valence-electron chi connectivity index (χ2n) is 8.38. The van der Waals surface area contributed by atoms with Crippen molar-refractivity contribution in [1.29, 1.82) is 0 Å². The fourth-order valence-corrected chi connectivity index (χ4v) is 4.01. The van der Waals surface area contributed by atoms with Crippen molar-refractivity contribution in [2.75, 3.05) is 77.2 Å². The van der Waals surface area contributed by atoms with Gasteiger partial charge in [0.15, 0.2) is 0 Å². The van der Waals surface area contributed by atoms with Crippen LogP contribution in [-0.2, 0) is 0 Å². The van der Waals surface area contributed by atoms with Crippen LogP contribution in [0.25, 0.3) is 0 Å². The van der Waals surface area contributed by atoms with Crippen LogP contribution in [0.3, 0.4) is 0 Å². The van der Waals surface area contributed by atoms with E-state index in [0.29, 0.717) is 5.92 Å². The summed E-state index contributed by atoms with van der Waals surface area (Å²) in [6.45, 7) is 9.48. The Morgan fingerprint density at radius 3 is 2.63 bits per heavy atom. The first-order valence-electron chi connectivity index (χ1n) is 10.2. The van der Waals surface area contributed by atoms with E-state index < -0.39 is 0 Å². The summed E-state index contributed by atoms with van der Waals surface area (Å²) in [6.07, 6.45) is 2.33. The van der Waals surface area contributed by atoms with Gasteiger partial charge in [0.25, 0.3) is 0 Å². The number of nitrogens with zero attached hydrogens (tertiary/aromatic N) is 4. The molecule has 6 heteroatoms. The van der Waals surface area contributed by atoms with Crippen LogP contribution in [0.5, 0.6) is 0 Å². The predicted molar refractivity (Wildman–Crippen MR) is 113 cm³/mol. The summed E-state index contributed by atoms with van der Waals surface area (Å²) in [5.41, 5.74) is 3.11. The van der Waals surface area contributed by atoms with Crippen LogP contribution >= 0.6 is 0 Å². The summed E-state index contributed by atoms with van der Waals surface area (Å²) in [6, 6.07) is 6.24. The average Bonchev–Trinajstić information content (AvgIpc) is 2.65. The highest BCUT2D eigenvalue weighted by atomic mass is 16.2. The van der Waals surface area contributed by atoms with Gasteiger partial charge in [-0.15, -0.1) is 0 Å². The Morgan fingerprint density at radius 2 is 1.93 bits per heavy atom. The smallest absolute Gasteiger partial charge is 0.321 e. The number of urea groups is 1. The number of amides is 2. The first-order chi connectivity index (χ1) is 12.9. The third-order valence-corrected chi connectivity index (χ3v) is 5.90. The molecule has 0 spiro atoms. The fraction of sp³-hybridized carbons (Fsp3) is 0.667. The van der Waals surface area contributed by atoms with Gasteiger partial charge < -0.3 is 24.9 Å². The molecule has 2 heterocycles. The number of nitrogens with one attached hydrogen (secondary N) is 1. The lowest BCUT2D eigenvalue weighted by Crippen LogP contribution is -2.49. The molecular formula is C21H35N5O. The van der Waals surface area contributed by atoms with Crippen LogP contribution < -0.4 is 10.2 Å². The maximum Gasteiger partial charge on any atom is 0.321 e. The second kappa shape index (κ2) is 8.93. The number of rotatable bonds is 4. The summed E-state index contributed by atoms with van der Waals surface area (Å²) >= 11 is 0. The first kappa shape index (κ1) is 20.0. The van der Waals surface area contributed by atoms with Gasteiger partial charge in [-0.05, 0) is 50.4 Å². The van der Waals surface area contributed by atoms with E-state index >= 15 is 0 Å². The van der Waals surface area contributed by atoms with Gasteiger partial charge in [-0.3, -0.25) is 0 Å². The number of hydrogen-bond acceptors (Lipinski definition) is 4. The molecule has 0 bridgehead atoms. The van der Waals surface area contributed by atoms with Crippen molar-refractivity contribution in [3.05, 3.63) is 23.8 Å². The van der Waals surface area contributed by atoms with Crippen molar-refractivity contribution in [1.82, 2.24) is 14.7 Å². The molecule has 2 saturated heterocycles. The molecule has 1 aromatic carbocycles. The zero-order valence-electron chi connectivity index (χ0n) is 17.4. The largest absolute Gasteiger partial charge is 0.378 e. The maximum atomic E-state index is 12.9. The Bertz CT molecular complexity index is 639.